The fourth-order valence-electron chi connectivity index (χ4n) is 4.23. The number of aromatic amines is 1. The van der Waals surface area contributed by atoms with Gasteiger partial charge in [0.1, 0.15) is 6.04 Å². The predicted molar refractivity (Wildman–Crippen MR) is 112 cm³/mol. The van der Waals surface area contributed by atoms with E-state index in [1.165, 1.54) is 4.90 Å². The maximum Gasteiger partial charge on any atom is 0.439 e. The van der Waals surface area contributed by atoms with Crippen LogP contribution in [0.5, 0.6) is 0 Å². The molecule has 0 radical (unpaired) electrons. The van der Waals surface area contributed by atoms with Crippen LogP contribution >= 0.6 is 0 Å². The Morgan fingerprint density at radius 1 is 1.19 bits per heavy atom. The topological polar surface area (TPSA) is 125 Å². The van der Waals surface area contributed by atoms with Crippen LogP contribution in [-0.4, -0.2) is 38.8 Å². The van der Waals surface area contributed by atoms with E-state index in [1.54, 1.807) is 24.3 Å². The zero-order valence-corrected chi connectivity index (χ0v) is 17.3. The van der Waals surface area contributed by atoms with Gasteiger partial charge in [-0.2, -0.15) is 0 Å². The number of benzene rings is 1. The molecule has 0 saturated carbocycles. The number of amides is 3. The van der Waals surface area contributed by atoms with Gasteiger partial charge in [-0.15, -0.1) is 0 Å². The number of hydrogen-bond donors (Lipinski definition) is 2. The Balaban J connectivity index is 1.58. The van der Waals surface area contributed by atoms with Gasteiger partial charge < -0.3 is 5.32 Å². The number of anilines is 1. The Kier molecular flexibility index (Phi) is 5.58. The third kappa shape index (κ3) is 4.08. The van der Waals surface area contributed by atoms with Crippen LogP contribution in [0, 0.1) is 17.8 Å². The first kappa shape index (κ1) is 20.8. The van der Waals surface area contributed by atoms with Crippen LogP contribution in [-0.2, 0) is 14.4 Å². The van der Waals surface area contributed by atoms with Crippen LogP contribution in [0.25, 0.3) is 11.4 Å². The first-order valence-electron chi connectivity index (χ1n) is 10.3. The number of aromatic nitrogens is 2. The molecule has 2 N–H and O–H groups in total. The molecule has 1 aliphatic heterocycles. The average molecular weight is 424 g/mol. The molecule has 1 aliphatic carbocycles. The summed E-state index contributed by atoms with van der Waals surface area (Å²) >= 11 is 0. The van der Waals surface area contributed by atoms with Crippen molar-refractivity contribution in [3.63, 3.8) is 0 Å². The molecule has 1 fully saturated rings. The number of carbonyl (C=O) groups is 3. The van der Waals surface area contributed by atoms with Crippen molar-refractivity contribution in [2.24, 2.45) is 17.8 Å². The molecular formula is C22H24N4O5. The van der Waals surface area contributed by atoms with Crippen molar-refractivity contribution >= 4 is 23.4 Å². The Hall–Kier alpha value is -3.49. The molecule has 9 nitrogen and oxygen atoms in total. The third-order valence-corrected chi connectivity index (χ3v) is 5.69. The quantitative estimate of drug-likeness (QED) is 0.542. The second-order valence-corrected chi connectivity index (χ2v) is 8.36. The standard InChI is InChI=1S/C22H24N4O5/c1-12(2)10-17(26-20(28)15-8-3-4-9-16(15)21(26)29)19(27)23-14-7-5-6-13(11-14)18-24-22(30)31-25-18/h3-7,11-12,15-17H,8-10H2,1-2H3,(H,23,27)(H,24,25,30). The summed E-state index contributed by atoms with van der Waals surface area (Å²) in [5.41, 5.74) is 1.01. The van der Waals surface area contributed by atoms with Gasteiger partial charge in [0.15, 0.2) is 5.82 Å². The van der Waals surface area contributed by atoms with Gasteiger partial charge in [-0.3, -0.25) is 28.8 Å². The van der Waals surface area contributed by atoms with Crippen LogP contribution in [0.15, 0.2) is 45.7 Å². The maximum absolute atomic E-state index is 13.2. The largest absolute Gasteiger partial charge is 0.439 e. The highest BCUT2D eigenvalue weighted by Gasteiger charge is 2.51. The normalized spacial score (nSPS) is 21.5. The zero-order chi connectivity index (χ0) is 22.1. The highest BCUT2D eigenvalue weighted by Crippen LogP contribution is 2.37. The van der Waals surface area contributed by atoms with E-state index in [0.717, 1.165) is 0 Å². The summed E-state index contributed by atoms with van der Waals surface area (Å²) in [6, 6.07) is 5.84. The molecule has 9 heteroatoms. The summed E-state index contributed by atoms with van der Waals surface area (Å²) in [4.78, 5) is 54.1. The molecule has 162 valence electrons. The minimum absolute atomic E-state index is 0.101. The number of H-pyrrole nitrogens is 1. The molecule has 0 spiro atoms. The van der Waals surface area contributed by atoms with Crippen LogP contribution in [0.4, 0.5) is 5.69 Å². The van der Waals surface area contributed by atoms with E-state index in [-0.39, 0.29) is 35.4 Å². The number of rotatable bonds is 6. The van der Waals surface area contributed by atoms with E-state index < -0.39 is 17.7 Å². The van der Waals surface area contributed by atoms with E-state index in [9.17, 15) is 19.2 Å². The van der Waals surface area contributed by atoms with Gasteiger partial charge in [0, 0.05) is 11.3 Å². The number of carbonyl (C=O) groups excluding carboxylic acids is 3. The number of nitrogens with one attached hydrogen (secondary N) is 2. The second-order valence-electron chi connectivity index (χ2n) is 8.36. The van der Waals surface area contributed by atoms with Crippen LogP contribution < -0.4 is 11.1 Å². The Morgan fingerprint density at radius 2 is 1.87 bits per heavy atom. The van der Waals surface area contributed by atoms with Gasteiger partial charge in [0.05, 0.1) is 11.8 Å². The number of fused-ring (bicyclic) bond motifs is 1. The first-order valence-corrected chi connectivity index (χ1v) is 10.3. The molecular weight excluding hydrogens is 400 g/mol. The SMILES string of the molecule is CC(C)CC(C(=O)Nc1cccc(-c2noc(=O)[nH]2)c1)N1C(=O)C2CC=CCC2C1=O. The Morgan fingerprint density at radius 3 is 2.45 bits per heavy atom. The summed E-state index contributed by atoms with van der Waals surface area (Å²) < 4.78 is 4.52. The summed E-state index contributed by atoms with van der Waals surface area (Å²) in [6.45, 7) is 3.89. The molecule has 2 heterocycles. The fraction of sp³-hybridized carbons (Fsp3) is 0.409. The summed E-state index contributed by atoms with van der Waals surface area (Å²) in [5, 5.41) is 6.46. The van der Waals surface area contributed by atoms with Crippen molar-refractivity contribution in [1.82, 2.24) is 15.0 Å². The van der Waals surface area contributed by atoms with Crippen LogP contribution in [0.1, 0.15) is 33.1 Å². The number of likely N-dealkylation sites (tertiary alicyclic amines) is 1. The lowest BCUT2D eigenvalue weighted by atomic mass is 9.85. The molecule has 1 aromatic heterocycles. The van der Waals surface area contributed by atoms with Gasteiger partial charge in [-0.25, -0.2) is 4.79 Å². The molecule has 4 rings (SSSR count). The molecule has 2 aliphatic rings. The summed E-state index contributed by atoms with van der Waals surface area (Å²) in [7, 11) is 0. The lowest BCUT2D eigenvalue weighted by Gasteiger charge is -2.27. The predicted octanol–water partition coefficient (Wildman–Crippen LogP) is 2.33. The third-order valence-electron chi connectivity index (χ3n) is 5.69. The summed E-state index contributed by atoms with van der Waals surface area (Å²) in [5.74, 6) is -2.07. The van der Waals surface area contributed by atoms with Gasteiger partial charge in [-0.05, 0) is 37.3 Å². The molecule has 3 amide bonds. The van der Waals surface area contributed by atoms with Gasteiger partial charge >= 0.3 is 5.76 Å². The number of allylic oxidation sites excluding steroid dienone is 2. The number of hydrogen-bond acceptors (Lipinski definition) is 6. The lowest BCUT2D eigenvalue weighted by Crippen LogP contribution is -2.48. The molecule has 2 aromatic rings. The number of nitrogens with zero attached hydrogens (tertiary/aromatic N) is 2. The van der Waals surface area contributed by atoms with Gasteiger partial charge in [-0.1, -0.05) is 43.3 Å². The molecule has 31 heavy (non-hydrogen) atoms. The fourth-order valence-corrected chi connectivity index (χ4v) is 4.23. The van der Waals surface area contributed by atoms with E-state index in [1.807, 2.05) is 26.0 Å². The van der Waals surface area contributed by atoms with Crippen molar-refractivity contribution < 1.29 is 18.9 Å². The molecule has 1 saturated heterocycles. The smallest absolute Gasteiger partial charge is 0.324 e. The van der Waals surface area contributed by atoms with E-state index in [4.69, 9.17) is 0 Å². The monoisotopic (exact) mass is 424 g/mol. The second kappa shape index (κ2) is 8.33. The summed E-state index contributed by atoms with van der Waals surface area (Å²) in [6.07, 6.45) is 5.27. The van der Waals surface area contributed by atoms with Crippen molar-refractivity contribution in [1.29, 1.82) is 0 Å². The molecule has 3 atom stereocenters. The first-order chi connectivity index (χ1) is 14.8. The molecule has 0 bridgehead atoms. The average Bonchev–Trinajstić information content (AvgIpc) is 3.28. The molecule has 1 aromatic carbocycles. The van der Waals surface area contributed by atoms with E-state index in [2.05, 4.69) is 20.0 Å². The minimum Gasteiger partial charge on any atom is -0.324 e. The maximum atomic E-state index is 13.2. The van der Waals surface area contributed by atoms with Crippen molar-refractivity contribution in [2.45, 2.75) is 39.2 Å². The minimum atomic E-state index is -0.888. The van der Waals surface area contributed by atoms with Crippen molar-refractivity contribution in [2.75, 3.05) is 5.32 Å². The highest BCUT2D eigenvalue weighted by molar-refractivity contribution is 6.10. The van der Waals surface area contributed by atoms with E-state index >= 15 is 0 Å². The highest BCUT2D eigenvalue weighted by atomic mass is 16.5. The lowest BCUT2D eigenvalue weighted by molar-refractivity contribution is -0.147. The van der Waals surface area contributed by atoms with Crippen molar-refractivity contribution in [3.8, 4) is 11.4 Å². The Bertz CT molecular complexity index is 1070. The van der Waals surface area contributed by atoms with Crippen molar-refractivity contribution in [3.05, 3.63) is 47.0 Å². The van der Waals surface area contributed by atoms with Crippen LogP contribution in [0.3, 0.4) is 0 Å². The van der Waals surface area contributed by atoms with E-state index in [0.29, 0.717) is 30.5 Å². The van der Waals surface area contributed by atoms with Crippen LogP contribution in [0.2, 0.25) is 0 Å². The zero-order valence-electron chi connectivity index (χ0n) is 17.3. The van der Waals surface area contributed by atoms with Gasteiger partial charge in [0.25, 0.3) is 0 Å². The Labute approximate surface area is 178 Å². The van der Waals surface area contributed by atoms with Gasteiger partial charge in [0.2, 0.25) is 17.7 Å². The number of imide groups is 1. The molecule has 3 unspecified atom stereocenters.